The quantitative estimate of drug-likeness (QED) is 0.783. The molecule has 102 valence electrons. The Balaban J connectivity index is 1.82. The highest BCUT2D eigenvalue weighted by Gasteiger charge is 2.27. The van der Waals surface area contributed by atoms with Crippen LogP contribution in [0.2, 0.25) is 0 Å². The predicted molar refractivity (Wildman–Crippen MR) is 78.8 cm³/mol. The van der Waals surface area contributed by atoms with Crippen molar-refractivity contribution < 1.29 is 9.53 Å². The smallest absolute Gasteiger partial charge is 0.231 e. The number of fused-ring (bicyclic) bond motifs is 1. The third-order valence-electron chi connectivity index (χ3n) is 4.11. The molecule has 1 fully saturated rings. The Kier molecular flexibility index (Phi) is 3.63. The van der Waals surface area contributed by atoms with Crippen LogP contribution in [0.5, 0.6) is 0 Å². The van der Waals surface area contributed by atoms with E-state index in [1.54, 1.807) is 4.90 Å². The molecular formula is C15H18BrNO2. The molecule has 2 atom stereocenters. The van der Waals surface area contributed by atoms with Crippen LogP contribution in [0.1, 0.15) is 28.8 Å². The van der Waals surface area contributed by atoms with Gasteiger partial charge in [-0.15, -0.1) is 0 Å². The van der Waals surface area contributed by atoms with Crippen LogP contribution in [0.3, 0.4) is 0 Å². The van der Waals surface area contributed by atoms with Crippen molar-refractivity contribution in [1.29, 1.82) is 0 Å². The molecule has 4 heteroatoms. The number of anilines is 1. The van der Waals surface area contributed by atoms with Crippen LogP contribution in [0.15, 0.2) is 18.2 Å². The summed E-state index contributed by atoms with van der Waals surface area (Å²) in [6.07, 6.45) is 2.87. The number of hydrogen-bond donors (Lipinski definition) is 0. The van der Waals surface area contributed by atoms with Crippen LogP contribution in [0, 0.1) is 5.92 Å². The van der Waals surface area contributed by atoms with E-state index in [1.165, 1.54) is 12.0 Å². The molecule has 3 nitrogen and oxygen atoms in total. The van der Waals surface area contributed by atoms with Crippen LogP contribution >= 0.6 is 15.9 Å². The van der Waals surface area contributed by atoms with Gasteiger partial charge in [0.2, 0.25) is 5.91 Å². The van der Waals surface area contributed by atoms with Crippen LogP contribution < -0.4 is 4.90 Å². The maximum atomic E-state index is 11.7. The van der Waals surface area contributed by atoms with E-state index >= 15 is 0 Å². The summed E-state index contributed by atoms with van der Waals surface area (Å²) in [5, 5.41) is 0. The molecule has 19 heavy (non-hydrogen) atoms. The van der Waals surface area contributed by atoms with Crippen molar-refractivity contribution in [3.8, 4) is 0 Å². The van der Waals surface area contributed by atoms with E-state index in [1.807, 2.05) is 7.05 Å². The molecule has 2 aliphatic heterocycles. The van der Waals surface area contributed by atoms with E-state index in [-0.39, 0.29) is 5.91 Å². The number of halogens is 1. The van der Waals surface area contributed by atoms with Crippen LogP contribution in [0.25, 0.3) is 0 Å². The molecule has 1 amide bonds. The molecule has 0 saturated carbocycles. The summed E-state index contributed by atoms with van der Waals surface area (Å²) in [4.78, 5) is 13.8. The highest BCUT2D eigenvalue weighted by atomic mass is 79.9. The van der Waals surface area contributed by atoms with Gasteiger partial charge in [0.25, 0.3) is 0 Å². The van der Waals surface area contributed by atoms with Crippen molar-refractivity contribution >= 4 is 27.5 Å². The van der Waals surface area contributed by atoms with E-state index < -0.39 is 0 Å². The zero-order valence-electron chi connectivity index (χ0n) is 11.1. The molecule has 0 radical (unpaired) electrons. The number of amides is 1. The second-order valence-corrected chi connectivity index (χ2v) is 6.38. The van der Waals surface area contributed by atoms with Gasteiger partial charge in [-0.05, 0) is 36.0 Å². The highest BCUT2D eigenvalue weighted by molar-refractivity contribution is 9.09. The van der Waals surface area contributed by atoms with E-state index in [0.717, 1.165) is 30.9 Å². The van der Waals surface area contributed by atoms with Crippen molar-refractivity contribution in [2.75, 3.05) is 25.2 Å². The summed E-state index contributed by atoms with van der Waals surface area (Å²) in [5.41, 5.74) is 3.46. The Hall–Kier alpha value is -0.870. The summed E-state index contributed by atoms with van der Waals surface area (Å²) in [5.74, 6) is 0.709. The average molecular weight is 324 g/mol. The Morgan fingerprint density at radius 3 is 3.05 bits per heavy atom. The summed E-state index contributed by atoms with van der Waals surface area (Å²) >= 11 is 3.81. The van der Waals surface area contributed by atoms with Crippen LogP contribution in [0.4, 0.5) is 5.69 Å². The van der Waals surface area contributed by atoms with Gasteiger partial charge in [0.1, 0.15) is 0 Å². The fourth-order valence-corrected chi connectivity index (χ4v) is 3.63. The van der Waals surface area contributed by atoms with E-state index in [9.17, 15) is 4.79 Å². The first kappa shape index (κ1) is 13.1. The molecule has 0 bridgehead atoms. The van der Waals surface area contributed by atoms with Gasteiger partial charge in [-0.1, -0.05) is 28.1 Å². The maximum Gasteiger partial charge on any atom is 0.231 e. The predicted octanol–water partition coefficient (Wildman–Crippen LogP) is 3.07. The number of carbonyl (C=O) groups is 1. The number of rotatable bonds is 2. The number of alkyl halides is 1. The maximum absolute atomic E-state index is 11.7. The highest BCUT2D eigenvalue weighted by Crippen LogP contribution is 2.38. The Morgan fingerprint density at radius 1 is 1.47 bits per heavy atom. The number of likely N-dealkylation sites (N-methyl/N-ethyl adjacent to an activating group) is 1. The van der Waals surface area contributed by atoms with Gasteiger partial charge in [0.15, 0.2) is 0 Å². The van der Waals surface area contributed by atoms with E-state index in [0.29, 0.717) is 17.2 Å². The van der Waals surface area contributed by atoms with Crippen molar-refractivity contribution in [3.63, 3.8) is 0 Å². The third kappa shape index (κ3) is 2.43. The topological polar surface area (TPSA) is 29.5 Å². The van der Waals surface area contributed by atoms with Crippen LogP contribution in [-0.4, -0.2) is 26.2 Å². The van der Waals surface area contributed by atoms with E-state index in [4.69, 9.17) is 4.74 Å². The van der Waals surface area contributed by atoms with Gasteiger partial charge in [-0.3, -0.25) is 4.79 Å². The molecule has 2 aliphatic rings. The molecule has 1 saturated heterocycles. The van der Waals surface area contributed by atoms with Crippen molar-refractivity contribution in [1.82, 2.24) is 0 Å². The van der Waals surface area contributed by atoms with Gasteiger partial charge in [-0.2, -0.15) is 0 Å². The lowest BCUT2D eigenvalue weighted by Crippen LogP contribution is -2.21. The summed E-state index contributed by atoms with van der Waals surface area (Å²) in [7, 11) is 1.84. The Labute approximate surface area is 122 Å². The fourth-order valence-electron chi connectivity index (χ4n) is 2.93. The van der Waals surface area contributed by atoms with Gasteiger partial charge in [0.05, 0.1) is 13.0 Å². The molecule has 0 spiro atoms. The van der Waals surface area contributed by atoms with Crippen LogP contribution in [-0.2, 0) is 16.0 Å². The molecule has 1 aromatic carbocycles. The summed E-state index contributed by atoms with van der Waals surface area (Å²) < 4.78 is 5.56. The van der Waals surface area contributed by atoms with Gasteiger partial charge < -0.3 is 9.64 Å². The van der Waals surface area contributed by atoms with Crippen molar-refractivity contribution in [2.24, 2.45) is 5.92 Å². The molecule has 0 aromatic heterocycles. The molecule has 3 rings (SSSR count). The first-order valence-corrected chi connectivity index (χ1v) is 7.69. The summed E-state index contributed by atoms with van der Waals surface area (Å²) in [6.45, 7) is 1.71. The third-order valence-corrected chi connectivity index (χ3v) is 5.38. The van der Waals surface area contributed by atoms with Gasteiger partial charge >= 0.3 is 0 Å². The number of nitrogens with zero attached hydrogens (tertiary/aromatic N) is 1. The second kappa shape index (κ2) is 5.25. The standard InChI is InChI=1S/C15H18BrNO2/c1-17-13-5-4-10(7-12(13)8-14(17)18)15(16)11-3-2-6-19-9-11/h4-5,7,11,15H,2-3,6,8-9H2,1H3. The Morgan fingerprint density at radius 2 is 2.32 bits per heavy atom. The van der Waals surface area contributed by atoms with Gasteiger partial charge in [0, 0.05) is 24.2 Å². The molecule has 0 aliphatic carbocycles. The molecule has 2 unspecified atom stereocenters. The normalized spacial score (nSPS) is 24.4. The second-order valence-electron chi connectivity index (χ2n) is 5.40. The lowest BCUT2D eigenvalue weighted by molar-refractivity contribution is -0.117. The number of carbonyl (C=O) groups excluding carboxylic acids is 1. The molecule has 2 heterocycles. The molecule has 0 N–H and O–H groups in total. The Bertz CT molecular complexity index is 497. The van der Waals surface area contributed by atoms with Gasteiger partial charge in [-0.25, -0.2) is 0 Å². The number of ether oxygens (including phenoxy) is 1. The number of benzene rings is 1. The zero-order chi connectivity index (χ0) is 13.4. The fraction of sp³-hybridized carbons (Fsp3) is 0.533. The molecular weight excluding hydrogens is 306 g/mol. The van der Waals surface area contributed by atoms with Crippen molar-refractivity contribution in [3.05, 3.63) is 29.3 Å². The first-order chi connectivity index (χ1) is 9.16. The van der Waals surface area contributed by atoms with Crippen molar-refractivity contribution in [2.45, 2.75) is 24.1 Å². The summed E-state index contributed by atoms with van der Waals surface area (Å²) in [6, 6.07) is 6.36. The molecule has 1 aromatic rings. The number of hydrogen-bond acceptors (Lipinski definition) is 2. The lowest BCUT2D eigenvalue weighted by Gasteiger charge is -2.27. The van der Waals surface area contributed by atoms with E-state index in [2.05, 4.69) is 34.1 Å². The minimum Gasteiger partial charge on any atom is -0.381 e. The first-order valence-electron chi connectivity index (χ1n) is 6.78. The lowest BCUT2D eigenvalue weighted by atomic mass is 9.93. The average Bonchev–Trinajstić information content (AvgIpc) is 2.74. The SMILES string of the molecule is CN1C(=O)Cc2cc(C(Br)C3CCCOC3)ccc21. The minimum atomic E-state index is 0.180. The minimum absolute atomic E-state index is 0.180. The zero-order valence-corrected chi connectivity index (χ0v) is 12.6. The monoisotopic (exact) mass is 323 g/mol. The largest absolute Gasteiger partial charge is 0.381 e.